The molecule has 0 atom stereocenters. The van der Waals surface area contributed by atoms with E-state index in [1.807, 2.05) is 6.92 Å². The van der Waals surface area contributed by atoms with Crippen LogP contribution in [0.3, 0.4) is 0 Å². The average Bonchev–Trinajstić information content (AvgIpc) is 2.36. The number of carboxylic acids is 1. The number of carbonyl (C=O) groups is 1. The first-order chi connectivity index (χ1) is 9.71. The quantitative estimate of drug-likeness (QED) is 0.874. The first-order valence-electron chi connectivity index (χ1n) is 6.78. The van der Waals surface area contributed by atoms with Gasteiger partial charge in [-0.1, -0.05) is 6.92 Å². The van der Waals surface area contributed by atoms with Gasteiger partial charge in [0.05, 0.1) is 10.5 Å². The van der Waals surface area contributed by atoms with Gasteiger partial charge in [-0.15, -0.1) is 0 Å². The molecule has 0 heterocycles. The van der Waals surface area contributed by atoms with Crippen LogP contribution in [-0.4, -0.2) is 25.0 Å². The van der Waals surface area contributed by atoms with E-state index in [1.54, 1.807) is 0 Å². The molecule has 1 saturated carbocycles. The van der Waals surface area contributed by atoms with Gasteiger partial charge in [0, 0.05) is 11.1 Å². The number of nitrogens with one attached hydrogen (secondary N) is 1. The number of benzene rings is 1. The molecule has 1 fully saturated rings. The van der Waals surface area contributed by atoms with E-state index in [-0.39, 0.29) is 16.0 Å². The van der Waals surface area contributed by atoms with E-state index in [1.165, 1.54) is 6.92 Å². The monoisotopic (exact) mass is 315 g/mol. The molecule has 0 aliphatic heterocycles. The zero-order valence-corrected chi connectivity index (χ0v) is 12.8. The molecule has 2 rings (SSSR count). The average molecular weight is 315 g/mol. The molecule has 7 heteroatoms. The van der Waals surface area contributed by atoms with Crippen molar-refractivity contribution in [3.05, 3.63) is 29.1 Å². The molecule has 0 spiro atoms. The summed E-state index contributed by atoms with van der Waals surface area (Å²) in [5.41, 5.74) is -0.934. The van der Waals surface area contributed by atoms with Crippen LogP contribution in [-0.2, 0) is 10.0 Å². The van der Waals surface area contributed by atoms with Crippen LogP contribution in [0.25, 0.3) is 0 Å². The lowest BCUT2D eigenvalue weighted by Gasteiger charge is -2.41. The van der Waals surface area contributed by atoms with Crippen molar-refractivity contribution in [2.45, 2.75) is 50.0 Å². The van der Waals surface area contributed by atoms with Crippen molar-refractivity contribution in [3.63, 3.8) is 0 Å². The third-order valence-corrected chi connectivity index (χ3v) is 5.88. The lowest BCUT2D eigenvalue weighted by molar-refractivity contribution is 0.0696. The molecule has 0 radical (unpaired) electrons. The molecule has 5 nitrogen and oxygen atoms in total. The summed E-state index contributed by atoms with van der Waals surface area (Å²) in [6.07, 6.45) is 3.07. The molecular weight excluding hydrogens is 297 g/mol. The molecule has 2 N–H and O–H groups in total. The second-order valence-electron chi connectivity index (χ2n) is 5.48. The number of rotatable bonds is 5. The maximum absolute atomic E-state index is 13.8. The van der Waals surface area contributed by atoms with Crippen molar-refractivity contribution in [3.8, 4) is 0 Å². The van der Waals surface area contributed by atoms with Crippen molar-refractivity contribution in [2.75, 3.05) is 0 Å². The summed E-state index contributed by atoms with van der Waals surface area (Å²) in [5.74, 6) is -2.20. The van der Waals surface area contributed by atoms with Crippen LogP contribution >= 0.6 is 0 Å². The molecule has 1 aliphatic rings. The summed E-state index contributed by atoms with van der Waals surface area (Å²) >= 11 is 0. The summed E-state index contributed by atoms with van der Waals surface area (Å²) in [5, 5.41) is 8.94. The van der Waals surface area contributed by atoms with E-state index < -0.39 is 27.3 Å². The summed E-state index contributed by atoms with van der Waals surface area (Å²) in [6.45, 7) is 3.22. The molecule has 116 valence electrons. The Balaban J connectivity index is 2.46. The molecule has 0 unspecified atom stereocenters. The van der Waals surface area contributed by atoms with Crippen LogP contribution in [0.4, 0.5) is 4.39 Å². The molecular formula is C14H18FNO4S. The zero-order chi connectivity index (χ0) is 15.8. The van der Waals surface area contributed by atoms with Crippen LogP contribution < -0.4 is 4.72 Å². The third kappa shape index (κ3) is 2.94. The summed E-state index contributed by atoms with van der Waals surface area (Å²) in [4.78, 5) is 10.7. The van der Waals surface area contributed by atoms with Gasteiger partial charge < -0.3 is 5.11 Å². The Morgan fingerprint density at radius 3 is 2.48 bits per heavy atom. The highest BCUT2D eigenvalue weighted by Crippen LogP contribution is 2.36. The van der Waals surface area contributed by atoms with Gasteiger partial charge in [-0.25, -0.2) is 22.3 Å². The SMILES string of the molecule is CCC1(NS(=O)(=O)c2cc(C(=O)O)cc(F)c2C)CCC1. The van der Waals surface area contributed by atoms with Gasteiger partial charge in [0.2, 0.25) is 10.0 Å². The van der Waals surface area contributed by atoms with Crippen molar-refractivity contribution in [1.29, 1.82) is 0 Å². The Bertz CT molecular complexity index is 675. The van der Waals surface area contributed by atoms with Crippen LogP contribution in [0.5, 0.6) is 0 Å². The minimum Gasteiger partial charge on any atom is -0.478 e. The fourth-order valence-electron chi connectivity index (χ4n) is 2.53. The number of hydrogen-bond donors (Lipinski definition) is 2. The molecule has 21 heavy (non-hydrogen) atoms. The Hall–Kier alpha value is -1.47. The fourth-order valence-corrected chi connectivity index (χ4v) is 4.34. The number of carboxylic acid groups (broad SMARTS) is 1. The normalized spacial score (nSPS) is 17.3. The van der Waals surface area contributed by atoms with Crippen molar-refractivity contribution in [1.82, 2.24) is 4.72 Å². The molecule has 1 aromatic carbocycles. The maximum atomic E-state index is 13.8. The lowest BCUT2D eigenvalue weighted by Crippen LogP contribution is -2.52. The fraction of sp³-hybridized carbons (Fsp3) is 0.500. The van der Waals surface area contributed by atoms with Crippen LogP contribution in [0, 0.1) is 12.7 Å². The van der Waals surface area contributed by atoms with Gasteiger partial charge in [0.1, 0.15) is 5.82 Å². The predicted molar refractivity (Wildman–Crippen MR) is 75.3 cm³/mol. The van der Waals surface area contributed by atoms with E-state index in [4.69, 9.17) is 5.11 Å². The molecule has 0 saturated heterocycles. The minimum atomic E-state index is -3.95. The van der Waals surface area contributed by atoms with E-state index in [9.17, 15) is 17.6 Å². The standard InChI is InChI=1S/C14H18FNO4S/c1-3-14(5-4-6-14)16-21(19,20)12-8-10(13(17)18)7-11(15)9(12)2/h7-8,16H,3-6H2,1-2H3,(H,17,18). The second-order valence-corrected chi connectivity index (χ2v) is 7.13. The summed E-state index contributed by atoms with van der Waals surface area (Å²) in [7, 11) is -3.95. The number of hydrogen-bond acceptors (Lipinski definition) is 3. The molecule has 0 aromatic heterocycles. The Morgan fingerprint density at radius 2 is 2.05 bits per heavy atom. The van der Waals surface area contributed by atoms with Gasteiger partial charge in [0.25, 0.3) is 0 Å². The van der Waals surface area contributed by atoms with Gasteiger partial charge in [-0.05, 0) is 44.7 Å². The Kier molecular flexibility index (Phi) is 4.08. The first-order valence-corrected chi connectivity index (χ1v) is 8.26. The first kappa shape index (κ1) is 15.9. The van der Waals surface area contributed by atoms with E-state index in [2.05, 4.69) is 4.72 Å². The topological polar surface area (TPSA) is 83.5 Å². The van der Waals surface area contributed by atoms with Gasteiger partial charge >= 0.3 is 5.97 Å². The third-order valence-electron chi connectivity index (χ3n) is 4.17. The second kappa shape index (κ2) is 5.38. The molecule has 0 amide bonds. The zero-order valence-electron chi connectivity index (χ0n) is 11.9. The summed E-state index contributed by atoms with van der Waals surface area (Å²) < 4.78 is 41.4. The molecule has 1 aliphatic carbocycles. The van der Waals surface area contributed by atoms with E-state index in [0.717, 1.165) is 31.4 Å². The molecule has 1 aromatic rings. The molecule has 0 bridgehead atoms. The highest BCUT2D eigenvalue weighted by Gasteiger charge is 2.39. The number of halogens is 1. The number of aromatic carboxylic acids is 1. The van der Waals surface area contributed by atoms with Crippen LogP contribution in [0.2, 0.25) is 0 Å². The van der Waals surface area contributed by atoms with Crippen LogP contribution in [0.1, 0.15) is 48.5 Å². The highest BCUT2D eigenvalue weighted by molar-refractivity contribution is 7.89. The lowest BCUT2D eigenvalue weighted by atomic mass is 9.76. The Labute approximate surface area is 123 Å². The maximum Gasteiger partial charge on any atom is 0.335 e. The summed E-state index contributed by atoms with van der Waals surface area (Å²) in [6, 6.07) is 1.83. The van der Waals surface area contributed by atoms with E-state index >= 15 is 0 Å². The van der Waals surface area contributed by atoms with Crippen LogP contribution in [0.15, 0.2) is 17.0 Å². The number of sulfonamides is 1. The smallest absolute Gasteiger partial charge is 0.335 e. The van der Waals surface area contributed by atoms with Gasteiger partial charge in [0.15, 0.2) is 0 Å². The van der Waals surface area contributed by atoms with E-state index in [0.29, 0.717) is 6.42 Å². The van der Waals surface area contributed by atoms with Crippen molar-refractivity contribution >= 4 is 16.0 Å². The largest absolute Gasteiger partial charge is 0.478 e. The van der Waals surface area contributed by atoms with Gasteiger partial charge in [-0.2, -0.15) is 0 Å². The van der Waals surface area contributed by atoms with Crippen molar-refractivity contribution in [2.24, 2.45) is 0 Å². The van der Waals surface area contributed by atoms with Crippen molar-refractivity contribution < 1.29 is 22.7 Å². The minimum absolute atomic E-state index is 0.0712. The predicted octanol–water partition coefficient (Wildman–Crippen LogP) is 2.44. The highest BCUT2D eigenvalue weighted by atomic mass is 32.2. The van der Waals surface area contributed by atoms with Gasteiger partial charge in [-0.3, -0.25) is 0 Å². The Morgan fingerprint density at radius 1 is 1.43 bits per heavy atom.